The van der Waals surface area contributed by atoms with Gasteiger partial charge in [-0.3, -0.25) is 0 Å². The molecule has 3 aromatic heterocycles. The van der Waals surface area contributed by atoms with Gasteiger partial charge in [-0.25, -0.2) is 13.7 Å². The van der Waals surface area contributed by atoms with E-state index in [1.165, 1.54) is 67.0 Å². The van der Waals surface area contributed by atoms with E-state index in [-0.39, 0.29) is 0 Å². The number of aryl methyl sites for hydroxylation is 10. The maximum Gasteiger partial charge on any atom is 0.215 e. The van der Waals surface area contributed by atoms with Crippen LogP contribution in [0.1, 0.15) is 59.7 Å². The molecule has 0 N–H and O–H groups in total. The van der Waals surface area contributed by atoms with E-state index in [1.807, 2.05) is 36.7 Å². The number of pyridine rings is 3. The Morgan fingerprint density at radius 1 is 0.408 bits per heavy atom. The molecule has 0 spiro atoms. The van der Waals surface area contributed by atoms with E-state index < -0.39 is 6.85 Å². The quantitative estimate of drug-likeness (QED) is 0.169. The summed E-state index contributed by atoms with van der Waals surface area (Å²) < 4.78 is 29.0. The first-order chi connectivity index (χ1) is 24.4. The minimum Gasteiger partial charge on any atom is -0.201 e. The molecule has 3 heterocycles. The van der Waals surface area contributed by atoms with Gasteiger partial charge >= 0.3 is 0 Å². The molecule has 252 valence electrons. The lowest BCUT2D eigenvalue weighted by Crippen LogP contribution is -2.33. The molecular weight excluding hydrogens is 595 g/mol. The van der Waals surface area contributed by atoms with Crippen molar-refractivity contribution < 1.29 is 17.8 Å². The van der Waals surface area contributed by atoms with Gasteiger partial charge in [-0.15, -0.1) is 0 Å². The SMILES string of the molecule is Cc1ccccc1-c1c(C)c(C)c(C)c[n+]1C.Cc1ccccc1-c1c(C)c(C)cc[n+]1C.[2H]C([2H])([2H])c1c[n+](C)c(-c2ccccc2C)cc1C. The zero-order valence-electron chi connectivity index (χ0n) is 34.7. The van der Waals surface area contributed by atoms with Gasteiger partial charge in [0.1, 0.15) is 21.1 Å². The van der Waals surface area contributed by atoms with Crippen LogP contribution in [0.2, 0.25) is 0 Å². The van der Waals surface area contributed by atoms with Crippen LogP contribution in [0.4, 0.5) is 0 Å². The third-order valence-corrected chi connectivity index (χ3v) is 9.80. The van der Waals surface area contributed by atoms with Crippen LogP contribution in [-0.2, 0) is 21.1 Å². The van der Waals surface area contributed by atoms with Crippen molar-refractivity contribution in [2.24, 2.45) is 21.1 Å². The molecule has 6 aromatic rings. The van der Waals surface area contributed by atoms with Gasteiger partial charge in [0.15, 0.2) is 18.6 Å². The molecule has 0 amide bonds. The van der Waals surface area contributed by atoms with Crippen molar-refractivity contribution in [3.63, 3.8) is 0 Å². The van der Waals surface area contributed by atoms with Crippen LogP contribution < -0.4 is 13.7 Å². The Kier molecular flexibility index (Phi) is 10.7. The van der Waals surface area contributed by atoms with Crippen LogP contribution in [0.3, 0.4) is 0 Å². The molecule has 3 nitrogen and oxygen atoms in total. The van der Waals surface area contributed by atoms with Crippen molar-refractivity contribution in [2.75, 3.05) is 0 Å². The lowest BCUT2D eigenvalue weighted by atomic mass is 9.97. The monoisotopic (exact) mass is 653 g/mol. The summed E-state index contributed by atoms with van der Waals surface area (Å²) in [7, 11) is 6.12. The number of aromatic nitrogens is 3. The van der Waals surface area contributed by atoms with E-state index in [4.69, 9.17) is 4.11 Å². The molecule has 49 heavy (non-hydrogen) atoms. The zero-order valence-corrected chi connectivity index (χ0v) is 31.7. The highest BCUT2D eigenvalue weighted by atomic mass is 14.9. The Morgan fingerprint density at radius 3 is 1.39 bits per heavy atom. The average molecular weight is 654 g/mol. The fraction of sp³-hybridized carbons (Fsp3) is 0.283. The number of hydrogen-bond donors (Lipinski definition) is 0. The molecule has 0 saturated heterocycles. The number of rotatable bonds is 3. The van der Waals surface area contributed by atoms with Gasteiger partial charge in [0.25, 0.3) is 0 Å². The molecule has 0 radical (unpaired) electrons. The van der Waals surface area contributed by atoms with Crippen LogP contribution in [0.15, 0.2) is 104 Å². The Labute approximate surface area is 300 Å². The summed E-state index contributed by atoms with van der Waals surface area (Å²) in [5, 5.41) is 0. The van der Waals surface area contributed by atoms with Gasteiger partial charge in [-0.2, -0.15) is 0 Å². The summed E-state index contributed by atoms with van der Waals surface area (Å²) >= 11 is 0. The van der Waals surface area contributed by atoms with Crippen LogP contribution in [0.5, 0.6) is 0 Å². The molecule has 0 aliphatic rings. The third-order valence-electron chi connectivity index (χ3n) is 9.80. The predicted molar refractivity (Wildman–Crippen MR) is 207 cm³/mol. The highest BCUT2D eigenvalue weighted by Crippen LogP contribution is 2.27. The van der Waals surface area contributed by atoms with Crippen molar-refractivity contribution in [1.29, 1.82) is 0 Å². The van der Waals surface area contributed by atoms with Crippen molar-refractivity contribution in [3.05, 3.63) is 159 Å². The standard InChI is InChI=1S/C16H20N.2C15H18N/c1-11-8-6-7-9-15(11)16-14(4)13(3)12(2)10-17(16)5;1-11-7-5-6-8-14(11)15-9-12(2)13(3)10-16(15)4;1-11-9-10-16(4)15(13(11)3)14-8-6-5-7-12(14)2/h6-10H,1-5H3;2*5-10H,1-4H3/q3*+1/i;3D3;. The maximum absolute atomic E-state index is 7.55. The second-order valence-corrected chi connectivity index (χ2v) is 13.4. The highest BCUT2D eigenvalue weighted by Gasteiger charge is 2.19. The summed E-state index contributed by atoms with van der Waals surface area (Å²) in [6, 6.07) is 29.3. The van der Waals surface area contributed by atoms with E-state index >= 15 is 0 Å². The Balaban J connectivity index is 0.000000175. The van der Waals surface area contributed by atoms with Gasteiger partial charge in [0.05, 0.1) is 0 Å². The fourth-order valence-electron chi connectivity index (χ4n) is 6.40. The summed E-state index contributed by atoms with van der Waals surface area (Å²) in [4.78, 5) is 0. The van der Waals surface area contributed by atoms with Gasteiger partial charge in [-0.1, -0.05) is 54.6 Å². The smallest absolute Gasteiger partial charge is 0.201 e. The van der Waals surface area contributed by atoms with Gasteiger partial charge in [-0.05, 0) is 121 Å². The number of hydrogen-bond acceptors (Lipinski definition) is 0. The lowest BCUT2D eigenvalue weighted by Gasteiger charge is -2.10. The summed E-state index contributed by atoms with van der Waals surface area (Å²) in [6.07, 6.45) is 6.05. The third kappa shape index (κ3) is 8.40. The average Bonchev–Trinajstić information content (AvgIpc) is 3.08. The second-order valence-electron chi connectivity index (χ2n) is 13.4. The molecule has 3 heteroatoms. The van der Waals surface area contributed by atoms with Crippen LogP contribution in [-0.4, -0.2) is 0 Å². The van der Waals surface area contributed by atoms with Crippen molar-refractivity contribution in [3.8, 4) is 33.8 Å². The Hall–Kier alpha value is -4.89. The van der Waals surface area contributed by atoms with E-state index in [0.717, 1.165) is 16.8 Å². The van der Waals surface area contributed by atoms with E-state index in [1.54, 1.807) is 6.20 Å². The van der Waals surface area contributed by atoms with E-state index in [9.17, 15) is 0 Å². The largest absolute Gasteiger partial charge is 0.215 e. The first-order valence-electron chi connectivity index (χ1n) is 18.5. The van der Waals surface area contributed by atoms with Crippen LogP contribution in [0.25, 0.3) is 33.8 Å². The molecular formula is C46H56N3+3. The molecule has 0 fully saturated rings. The lowest BCUT2D eigenvalue weighted by molar-refractivity contribution is -0.661. The Bertz CT molecular complexity index is 2210. The van der Waals surface area contributed by atoms with Gasteiger partial charge in [0, 0.05) is 55.2 Å². The molecule has 0 atom stereocenters. The topological polar surface area (TPSA) is 11.6 Å². The minimum atomic E-state index is -2.06. The normalized spacial score (nSPS) is 11.7. The van der Waals surface area contributed by atoms with Crippen LogP contribution >= 0.6 is 0 Å². The zero-order chi connectivity index (χ0) is 38.5. The first kappa shape index (κ1) is 32.6. The van der Waals surface area contributed by atoms with Crippen molar-refractivity contribution >= 4 is 0 Å². The predicted octanol–water partition coefficient (Wildman–Crippen LogP) is 9.62. The van der Waals surface area contributed by atoms with Crippen molar-refractivity contribution in [2.45, 2.75) is 69.2 Å². The molecule has 0 saturated carbocycles. The second kappa shape index (κ2) is 16.0. The number of benzene rings is 3. The van der Waals surface area contributed by atoms with E-state index in [0.29, 0.717) is 5.56 Å². The number of nitrogens with zero attached hydrogens (tertiary/aromatic N) is 3. The highest BCUT2D eigenvalue weighted by molar-refractivity contribution is 5.66. The first-order valence-corrected chi connectivity index (χ1v) is 17.0. The molecule has 3 aromatic carbocycles. The fourth-order valence-corrected chi connectivity index (χ4v) is 6.40. The summed E-state index contributed by atoms with van der Waals surface area (Å²) in [5.41, 5.74) is 19.3. The molecule has 0 bridgehead atoms. The van der Waals surface area contributed by atoms with Crippen molar-refractivity contribution in [1.82, 2.24) is 0 Å². The van der Waals surface area contributed by atoms with E-state index in [2.05, 4.69) is 158 Å². The molecule has 0 aliphatic carbocycles. The summed E-state index contributed by atoms with van der Waals surface area (Å²) in [6.45, 7) is 17.1. The molecule has 0 aliphatic heterocycles. The molecule has 0 unspecified atom stereocenters. The molecule has 6 rings (SSSR count). The maximum atomic E-state index is 7.55. The van der Waals surface area contributed by atoms with Crippen LogP contribution in [0, 0.1) is 69.2 Å². The van der Waals surface area contributed by atoms with Gasteiger partial charge < -0.3 is 0 Å². The Morgan fingerprint density at radius 2 is 0.878 bits per heavy atom. The van der Waals surface area contributed by atoms with Gasteiger partial charge in [0.2, 0.25) is 17.1 Å². The minimum absolute atomic E-state index is 0.410. The summed E-state index contributed by atoms with van der Waals surface area (Å²) in [5.74, 6) is 0.